The maximum absolute atomic E-state index is 12.5. The molecule has 8 heteroatoms. The number of carbonyl (C=O) groups excluding carboxylic acids is 1. The van der Waals surface area contributed by atoms with Crippen LogP contribution in [0.2, 0.25) is 0 Å². The molecule has 162 valence electrons. The van der Waals surface area contributed by atoms with Crippen LogP contribution in [0.3, 0.4) is 0 Å². The lowest BCUT2D eigenvalue weighted by Gasteiger charge is -2.15. The molecule has 0 saturated heterocycles. The monoisotopic (exact) mass is 456 g/mol. The van der Waals surface area contributed by atoms with Crippen LogP contribution in [0.25, 0.3) is 0 Å². The normalized spacial score (nSPS) is 12.1. The summed E-state index contributed by atoms with van der Waals surface area (Å²) >= 11 is 1.66. The van der Waals surface area contributed by atoms with E-state index in [1.807, 2.05) is 43.5 Å². The Hall–Kier alpha value is -2.97. The van der Waals surface area contributed by atoms with Crippen LogP contribution in [0.15, 0.2) is 88.7 Å². The van der Waals surface area contributed by atoms with E-state index in [1.54, 1.807) is 36.0 Å². The van der Waals surface area contributed by atoms with Gasteiger partial charge in [-0.25, -0.2) is 8.42 Å². The van der Waals surface area contributed by atoms with Gasteiger partial charge in [0.2, 0.25) is 0 Å². The van der Waals surface area contributed by atoms with E-state index in [0.717, 1.165) is 10.5 Å². The van der Waals surface area contributed by atoms with E-state index in [-0.39, 0.29) is 23.5 Å². The van der Waals surface area contributed by atoms with Crippen LogP contribution in [0.1, 0.15) is 18.5 Å². The highest BCUT2D eigenvalue weighted by Gasteiger charge is 2.15. The molecular weight excluding hydrogens is 432 g/mol. The lowest BCUT2D eigenvalue weighted by Crippen LogP contribution is -2.31. The molecule has 0 radical (unpaired) electrons. The number of rotatable bonds is 9. The van der Waals surface area contributed by atoms with Crippen LogP contribution in [0.5, 0.6) is 5.75 Å². The first-order valence-electron chi connectivity index (χ1n) is 9.61. The van der Waals surface area contributed by atoms with Crippen molar-refractivity contribution in [1.29, 1.82) is 0 Å². The maximum Gasteiger partial charge on any atom is 0.261 e. The molecule has 0 spiro atoms. The molecule has 1 atom stereocenters. The minimum Gasteiger partial charge on any atom is -0.484 e. The Morgan fingerprint density at radius 2 is 1.61 bits per heavy atom. The summed E-state index contributed by atoms with van der Waals surface area (Å²) in [4.78, 5) is 13.5. The van der Waals surface area contributed by atoms with Crippen molar-refractivity contribution in [2.75, 3.05) is 17.6 Å². The van der Waals surface area contributed by atoms with Crippen molar-refractivity contribution in [3.8, 4) is 5.75 Å². The van der Waals surface area contributed by atoms with Gasteiger partial charge >= 0.3 is 0 Å². The SMILES string of the molecule is CSc1ccc([C@H](C)NC(=O)COc2ccc(S(=O)(=O)Nc3ccccc3)cc2)cc1. The van der Waals surface area contributed by atoms with E-state index in [4.69, 9.17) is 4.74 Å². The highest BCUT2D eigenvalue weighted by molar-refractivity contribution is 7.98. The first kappa shape index (κ1) is 22.7. The van der Waals surface area contributed by atoms with E-state index in [9.17, 15) is 13.2 Å². The minimum absolute atomic E-state index is 0.107. The highest BCUT2D eigenvalue weighted by Crippen LogP contribution is 2.20. The topological polar surface area (TPSA) is 84.5 Å². The standard InChI is InChI=1S/C23H24N2O4S2/c1-17(18-8-12-21(30-2)13-9-18)24-23(26)16-29-20-10-14-22(15-11-20)31(27,28)25-19-6-4-3-5-7-19/h3-15,17,25H,16H2,1-2H3,(H,24,26)/t17-/m0/s1. The molecule has 0 saturated carbocycles. The van der Waals surface area contributed by atoms with E-state index < -0.39 is 10.0 Å². The summed E-state index contributed by atoms with van der Waals surface area (Å²) < 4.78 is 32.9. The number of hydrogen-bond acceptors (Lipinski definition) is 5. The van der Waals surface area contributed by atoms with E-state index in [2.05, 4.69) is 10.0 Å². The Bertz CT molecular complexity index is 1100. The third kappa shape index (κ3) is 6.50. The average molecular weight is 457 g/mol. The Labute approximate surface area is 187 Å². The van der Waals surface area contributed by atoms with Crippen LogP contribution in [0, 0.1) is 0 Å². The number of carbonyl (C=O) groups is 1. The van der Waals surface area contributed by atoms with Crippen LogP contribution in [-0.4, -0.2) is 27.2 Å². The van der Waals surface area contributed by atoms with Gasteiger partial charge < -0.3 is 10.1 Å². The van der Waals surface area contributed by atoms with Crippen molar-refractivity contribution in [3.63, 3.8) is 0 Å². The third-order valence-corrected chi connectivity index (χ3v) is 6.66. The molecule has 0 aliphatic carbocycles. The van der Waals surface area contributed by atoms with Crippen molar-refractivity contribution >= 4 is 33.4 Å². The van der Waals surface area contributed by atoms with E-state index in [0.29, 0.717) is 11.4 Å². The fraction of sp³-hybridized carbons (Fsp3) is 0.174. The second-order valence-electron chi connectivity index (χ2n) is 6.79. The van der Waals surface area contributed by atoms with Gasteiger partial charge in [0.05, 0.1) is 10.9 Å². The second kappa shape index (κ2) is 10.4. The molecular formula is C23H24N2O4S2. The van der Waals surface area contributed by atoms with Crippen LogP contribution in [0.4, 0.5) is 5.69 Å². The third-order valence-electron chi connectivity index (χ3n) is 4.52. The summed E-state index contributed by atoms with van der Waals surface area (Å²) in [6.07, 6.45) is 2.01. The molecule has 0 aliphatic heterocycles. The van der Waals surface area contributed by atoms with Crippen molar-refractivity contribution < 1.29 is 17.9 Å². The molecule has 0 heterocycles. The molecule has 3 rings (SSSR count). The molecule has 3 aromatic rings. The summed E-state index contributed by atoms with van der Waals surface area (Å²) in [6.45, 7) is 1.74. The fourth-order valence-corrected chi connectivity index (χ4v) is 4.31. The zero-order chi connectivity index (χ0) is 22.3. The molecule has 2 N–H and O–H groups in total. The lowest BCUT2D eigenvalue weighted by atomic mass is 10.1. The quantitative estimate of drug-likeness (QED) is 0.464. The largest absolute Gasteiger partial charge is 0.484 e. The highest BCUT2D eigenvalue weighted by atomic mass is 32.2. The average Bonchev–Trinajstić information content (AvgIpc) is 2.78. The van der Waals surface area contributed by atoms with Crippen LogP contribution >= 0.6 is 11.8 Å². The first-order valence-corrected chi connectivity index (χ1v) is 12.3. The maximum atomic E-state index is 12.5. The molecule has 1 amide bonds. The zero-order valence-corrected chi connectivity index (χ0v) is 18.9. The van der Waals surface area contributed by atoms with Crippen molar-refractivity contribution in [1.82, 2.24) is 5.32 Å². The number of thioether (sulfide) groups is 1. The van der Waals surface area contributed by atoms with Crippen LogP contribution in [-0.2, 0) is 14.8 Å². The zero-order valence-electron chi connectivity index (χ0n) is 17.2. The van der Waals surface area contributed by atoms with Gasteiger partial charge in [-0.15, -0.1) is 11.8 Å². The Balaban J connectivity index is 1.53. The Morgan fingerprint density at radius 3 is 2.23 bits per heavy atom. The summed E-state index contributed by atoms with van der Waals surface area (Å²) in [6, 6.07) is 22.4. The molecule has 0 bridgehead atoms. The molecule has 0 aromatic heterocycles. The molecule has 0 aliphatic rings. The summed E-state index contributed by atoms with van der Waals surface area (Å²) in [7, 11) is -3.70. The number of anilines is 1. The number of sulfonamides is 1. The molecule has 31 heavy (non-hydrogen) atoms. The fourth-order valence-electron chi connectivity index (χ4n) is 2.84. The van der Waals surface area contributed by atoms with Crippen LogP contribution < -0.4 is 14.8 Å². The number of benzene rings is 3. The van der Waals surface area contributed by atoms with Gasteiger partial charge in [-0.2, -0.15) is 0 Å². The summed E-state index contributed by atoms with van der Waals surface area (Å²) in [5.41, 5.74) is 1.49. The van der Waals surface area contributed by atoms with Crippen molar-refractivity contribution in [3.05, 3.63) is 84.4 Å². The van der Waals surface area contributed by atoms with Gasteiger partial charge in [0.25, 0.3) is 15.9 Å². The van der Waals surface area contributed by atoms with Gasteiger partial charge in [-0.1, -0.05) is 30.3 Å². The minimum atomic E-state index is -3.70. The summed E-state index contributed by atoms with van der Waals surface area (Å²) in [5.74, 6) is 0.148. The first-order chi connectivity index (χ1) is 14.9. The number of hydrogen-bond donors (Lipinski definition) is 2. The smallest absolute Gasteiger partial charge is 0.261 e. The van der Waals surface area contributed by atoms with Gasteiger partial charge in [-0.3, -0.25) is 9.52 Å². The van der Waals surface area contributed by atoms with Gasteiger partial charge in [0.1, 0.15) is 5.75 Å². The molecule has 0 unspecified atom stereocenters. The predicted octanol–water partition coefficient (Wildman–Crippen LogP) is 4.47. The number of para-hydroxylation sites is 1. The molecule has 3 aromatic carbocycles. The lowest BCUT2D eigenvalue weighted by molar-refractivity contribution is -0.123. The molecule has 6 nitrogen and oxygen atoms in total. The molecule has 0 fully saturated rings. The summed E-state index contributed by atoms with van der Waals surface area (Å²) in [5, 5.41) is 2.89. The Morgan fingerprint density at radius 1 is 0.968 bits per heavy atom. The van der Waals surface area contributed by atoms with Gasteiger partial charge in [0.15, 0.2) is 6.61 Å². The predicted molar refractivity (Wildman–Crippen MR) is 124 cm³/mol. The van der Waals surface area contributed by atoms with Crippen molar-refractivity contribution in [2.24, 2.45) is 0 Å². The number of ether oxygens (including phenoxy) is 1. The second-order valence-corrected chi connectivity index (χ2v) is 9.36. The Kier molecular flexibility index (Phi) is 7.59. The van der Waals surface area contributed by atoms with Gasteiger partial charge in [-0.05, 0) is 67.3 Å². The van der Waals surface area contributed by atoms with E-state index in [1.165, 1.54) is 24.3 Å². The van der Waals surface area contributed by atoms with Gasteiger partial charge in [0, 0.05) is 10.6 Å². The number of nitrogens with one attached hydrogen (secondary N) is 2. The van der Waals surface area contributed by atoms with Crippen molar-refractivity contribution in [2.45, 2.75) is 22.8 Å². The van der Waals surface area contributed by atoms with E-state index >= 15 is 0 Å². The number of amides is 1.